The minimum atomic E-state index is 0.0421. The van der Waals surface area contributed by atoms with Gasteiger partial charge in [0.05, 0.1) is 6.04 Å². The topological polar surface area (TPSA) is 49.4 Å². The number of nitrogens with zero attached hydrogens (tertiary/aromatic N) is 1. The normalized spacial score (nSPS) is 19.6. The minimum Gasteiger partial charge on any atom is -0.349 e. The zero-order valence-corrected chi connectivity index (χ0v) is 12.8. The Bertz CT molecular complexity index is 516. The maximum Gasteiger partial charge on any atom is 0.281 e. The molecule has 1 N–H and O–H groups in total. The molecule has 2 amide bonds. The van der Waals surface area contributed by atoms with E-state index in [-0.39, 0.29) is 17.2 Å². The first-order valence-electron chi connectivity index (χ1n) is 7.50. The van der Waals surface area contributed by atoms with Crippen LogP contribution in [0.15, 0.2) is 30.3 Å². The van der Waals surface area contributed by atoms with Crippen molar-refractivity contribution in [1.29, 1.82) is 0 Å². The van der Waals surface area contributed by atoms with Gasteiger partial charge in [0.15, 0.2) is 0 Å². The van der Waals surface area contributed by atoms with Crippen LogP contribution in [0, 0.1) is 5.92 Å². The molecular formula is C16H20N2O2S. The molecule has 1 atom stereocenters. The fourth-order valence-electron chi connectivity index (χ4n) is 2.67. The van der Waals surface area contributed by atoms with Crippen LogP contribution in [-0.2, 0) is 4.79 Å². The fourth-order valence-corrected chi connectivity index (χ4v) is 3.53. The number of benzene rings is 1. The molecule has 112 valence electrons. The highest BCUT2D eigenvalue weighted by Crippen LogP contribution is 2.40. The first-order valence-corrected chi connectivity index (χ1v) is 8.48. The minimum absolute atomic E-state index is 0.0421. The maximum absolute atomic E-state index is 12.2. The average molecular weight is 304 g/mol. The summed E-state index contributed by atoms with van der Waals surface area (Å²) in [4.78, 5) is 25.4. The highest BCUT2D eigenvalue weighted by atomic mass is 32.2. The van der Waals surface area contributed by atoms with E-state index in [2.05, 4.69) is 17.4 Å². The van der Waals surface area contributed by atoms with E-state index in [1.54, 1.807) is 4.90 Å². The monoisotopic (exact) mass is 304 g/mol. The molecule has 1 heterocycles. The van der Waals surface area contributed by atoms with Crippen LogP contribution in [0.25, 0.3) is 0 Å². The number of nitrogens with one attached hydrogen (secondary N) is 1. The van der Waals surface area contributed by atoms with Crippen molar-refractivity contribution in [1.82, 2.24) is 10.2 Å². The number of hydrogen-bond acceptors (Lipinski definition) is 3. The Morgan fingerprint density at radius 2 is 2.10 bits per heavy atom. The van der Waals surface area contributed by atoms with Crippen LogP contribution in [0.2, 0.25) is 0 Å². The number of rotatable bonds is 6. The molecule has 1 aromatic carbocycles. The number of amides is 2. The van der Waals surface area contributed by atoms with Gasteiger partial charge in [0.1, 0.15) is 0 Å². The van der Waals surface area contributed by atoms with Crippen molar-refractivity contribution in [3.8, 4) is 0 Å². The summed E-state index contributed by atoms with van der Waals surface area (Å²) in [5.74, 6) is 1.45. The Balaban J connectivity index is 1.53. The lowest BCUT2D eigenvalue weighted by Gasteiger charge is -2.20. The maximum atomic E-state index is 12.2. The summed E-state index contributed by atoms with van der Waals surface area (Å²) < 4.78 is 0. The van der Waals surface area contributed by atoms with Gasteiger partial charge in [-0.3, -0.25) is 9.59 Å². The van der Waals surface area contributed by atoms with E-state index in [1.807, 2.05) is 18.2 Å². The standard InChI is InChI=1S/C16H20N2O2S/c19-14(8-9-18-10-11-21-16(18)20)17-15(13-6-7-13)12-4-2-1-3-5-12/h1-5,13,15H,6-11H2,(H,17,19). The summed E-state index contributed by atoms with van der Waals surface area (Å²) in [5.41, 5.74) is 1.18. The quantitative estimate of drug-likeness (QED) is 0.879. The molecule has 1 aliphatic carbocycles. The summed E-state index contributed by atoms with van der Waals surface area (Å²) in [5, 5.41) is 3.25. The molecule has 0 bridgehead atoms. The molecule has 1 saturated carbocycles. The Hall–Kier alpha value is -1.49. The van der Waals surface area contributed by atoms with Gasteiger partial charge in [0, 0.05) is 25.3 Å². The van der Waals surface area contributed by atoms with Gasteiger partial charge in [0.25, 0.3) is 5.24 Å². The summed E-state index contributed by atoms with van der Waals surface area (Å²) in [6.45, 7) is 1.30. The Labute approximate surface area is 129 Å². The van der Waals surface area contributed by atoms with E-state index in [9.17, 15) is 9.59 Å². The molecule has 1 unspecified atom stereocenters. The van der Waals surface area contributed by atoms with Crippen molar-refractivity contribution < 1.29 is 9.59 Å². The van der Waals surface area contributed by atoms with Crippen LogP contribution in [0.1, 0.15) is 30.9 Å². The predicted molar refractivity (Wildman–Crippen MR) is 84.1 cm³/mol. The molecule has 1 aromatic rings. The second-order valence-corrected chi connectivity index (χ2v) is 6.69. The zero-order chi connectivity index (χ0) is 14.7. The first kappa shape index (κ1) is 14.4. The molecule has 3 rings (SSSR count). The lowest BCUT2D eigenvalue weighted by Crippen LogP contribution is -2.33. The van der Waals surface area contributed by atoms with Gasteiger partial charge < -0.3 is 10.2 Å². The van der Waals surface area contributed by atoms with Crippen LogP contribution in [0.5, 0.6) is 0 Å². The van der Waals surface area contributed by atoms with Crippen LogP contribution >= 0.6 is 11.8 Å². The van der Waals surface area contributed by atoms with Crippen molar-refractivity contribution in [2.24, 2.45) is 5.92 Å². The van der Waals surface area contributed by atoms with Crippen molar-refractivity contribution in [3.63, 3.8) is 0 Å². The van der Waals surface area contributed by atoms with Crippen LogP contribution < -0.4 is 5.32 Å². The smallest absolute Gasteiger partial charge is 0.281 e. The van der Waals surface area contributed by atoms with Gasteiger partial charge in [-0.25, -0.2) is 0 Å². The molecule has 2 fully saturated rings. The van der Waals surface area contributed by atoms with Gasteiger partial charge in [-0.2, -0.15) is 0 Å². The first-order chi connectivity index (χ1) is 10.2. The summed E-state index contributed by atoms with van der Waals surface area (Å²) >= 11 is 1.34. The van der Waals surface area contributed by atoms with Crippen molar-refractivity contribution in [2.75, 3.05) is 18.8 Å². The SMILES string of the molecule is O=C(CCN1CCSC1=O)NC(c1ccccc1)C1CC1. The number of hydrogen-bond donors (Lipinski definition) is 1. The molecule has 4 nitrogen and oxygen atoms in total. The summed E-state index contributed by atoms with van der Waals surface area (Å²) in [6.07, 6.45) is 2.75. The van der Waals surface area contributed by atoms with Crippen LogP contribution in [0.3, 0.4) is 0 Å². The lowest BCUT2D eigenvalue weighted by atomic mass is 10.0. The van der Waals surface area contributed by atoms with Gasteiger partial charge >= 0.3 is 0 Å². The van der Waals surface area contributed by atoms with Crippen molar-refractivity contribution >= 4 is 22.9 Å². The molecule has 0 aromatic heterocycles. The second-order valence-electron chi connectivity index (χ2n) is 5.64. The van der Waals surface area contributed by atoms with E-state index < -0.39 is 0 Å². The van der Waals surface area contributed by atoms with Gasteiger partial charge in [0.2, 0.25) is 5.91 Å². The second kappa shape index (κ2) is 6.52. The molecule has 1 saturated heterocycles. The van der Waals surface area contributed by atoms with E-state index >= 15 is 0 Å². The highest BCUT2D eigenvalue weighted by molar-refractivity contribution is 8.13. The molecule has 0 radical (unpaired) electrons. The summed E-state index contributed by atoms with van der Waals surface area (Å²) in [7, 11) is 0. The molecular weight excluding hydrogens is 284 g/mol. The molecule has 21 heavy (non-hydrogen) atoms. The zero-order valence-electron chi connectivity index (χ0n) is 12.0. The van der Waals surface area contributed by atoms with E-state index in [1.165, 1.54) is 30.2 Å². The highest BCUT2D eigenvalue weighted by Gasteiger charge is 2.33. The van der Waals surface area contributed by atoms with E-state index in [4.69, 9.17) is 0 Å². The number of carbonyl (C=O) groups is 2. The van der Waals surface area contributed by atoms with Crippen LogP contribution in [0.4, 0.5) is 4.79 Å². The van der Waals surface area contributed by atoms with Gasteiger partial charge in [-0.1, -0.05) is 42.1 Å². The summed E-state index contributed by atoms with van der Waals surface area (Å²) in [6, 6.07) is 10.3. The molecule has 0 spiro atoms. The lowest BCUT2D eigenvalue weighted by molar-refractivity contribution is -0.122. The van der Waals surface area contributed by atoms with Gasteiger partial charge in [-0.05, 0) is 24.3 Å². The van der Waals surface area contributed by atoms with Crippen molar-refractivity contribution in [3.05, 3.63) is 35.9 Å². The third kappa shape index (κ3) is 3.79. The van der Waals surface area contributed by atoms with E-state index in [0.29, 0.717) is 18.9 Å². The largest absolute Gasteiger partial charge is 0.349 e. The fraction of sp³-hybridized carbons (Fsp3) is 0.500. The van der Waals surface area contributed by atoms with Gasteiger partial charge in [-0.15, -0.1) is 0 Å². The number of carbonyl (C=O) groups excluding carboxylic acids is 2. The predicted octanol–water partition coefficient (Wildman–Crippen LogP) is 2.81. The van der Waals surface area contributed by atoms with Crippen LogP contribution in [-0.4, -0.2) is 34.9 Å². The molecule has 5 heteroatoms. The third-order valence-corrected chi connectivity index (χ3v) is 4.91. The Morgan fingerprint density at radius 1 is 1.33 bits per heavy atom. The molecule has 1 aliphatic heterocycles. The number of thioether (sulfide) groups is 1. The Kier molecular flexibility index (Phi) is 4.48. The third-order valence-electron chi connectivity index (χ3n) is 4.02. The Morgan fingerprint density at radius 3 is 2.71 bits per heavy atom. The van der Waals surface area contributed by atoms with E-state index in [0.717, 1.165) is 12.3 Å². The van der Waals surface area contributed by atoms with Crippen molar-refractivity contribution in [2.45, 2.75) is 25.3 Å². The molecule has 2 aliphatic rings. The average Bonchev–Trinajstić information content (AvgIpc) is 3.26.